The van der Waals surface area contributed by atoms with E-state index in [9.17, 15) is 4.79 Å². The van der Waals surface area contributed by atoms with E-state index in [2.05, 4.69) is 24.5 Å². The lowest BCUT2D eigenvalue weighted by Gasteiger charge is -2.64. The van der Waals surface area contributed by atoms with Gasteiger partial charge in [0.15, 0.2) is 0 Å². The van der Waals surface area contributed by atoms with Gasteiger partial charge in [-0.15, -0.1) is 0 Å². The molecule has 5 rings (SSSR count). The first kappa shape index (κ1) is 14.0. The topological polar surface area (TPSA) is 41.1 Å². The van der Waals surface area contributed by atoms with E-state index in [1.54, 1.807) is 0 Å². The van der Waals surface area contributed by atoms with E-state index in [4.69, 9.17) is 0 Å². The van der Waals surface area contributed by atoms with Crippen LogP contribution in [-0.2, 0) is 4.79 Å². The lowest BCUT2D eigenvalue weighted by Crippen LogP contribution is -2.61. The van der Waals surface area contributed by atoms with Crippen LogP contribution in [0.15, 0.2) is 0 Å². The van der Waals surface area contributed by atoms with Crippen molar-refractivity contribution in [3.63, 3.8) is 0 Å². The highest BCUT2D eigenvalue weighted by atomic mass is 16.2. The standard InChI is InChI=1S/C18H30N2O/c1-16-6-13-7-17(2,10-16)12-18(8-13,11-16)15(21)20-14-4-3-5-19-9-14/h13-14,19H,3-12H2,1-2H3,(H,20,21). The fraction of sp³-hybridized carbons (Fsp3) is 0.944. The van der Waals surface area contributed by atoms with E-state index in [-0.39, 0.29) is 5.41 Å². The Balaban J connectivity index is 1.54. The van der Waals surface area contributed by atoms with Gasteiger partial charge in [-0.25, -0.2) is 0 Å². The van der Waals surface area contributed by atoms with Crippen LogP contribution in [-0.4, -0.2) is 25.0 Å². The summed E-state index contributed by atoms with van der Waals surface area (Å²) in [7, 11) is 0. The number of piperidine rings is 1. The summed E-state index contributed by atoms with van der Waals surface area (Å²) < 4.78 is 0. The first-order valence-electron chi connectivity index (χ1n) is 8.92. The van der Waals surface area contributed by atoms with Crippen molar-refractivity contribution in [2.45, 2.75) is 71.3 Å². The molecule has 4 aliphatic carbocycles. The van der Waals surface area contributed by atoms with Gasteiger partial charge in [0.05, 0.1) is 5.41 Å². The molecular formula is C18H30N2O. The molecule has 2 N–H and O–H groups in total. The van der Waals surface area contributed by atoms with Crippen LogP contribution in [0, 0.1) is 22.2 Å². The quantitative estimate of drug-likeness (QED) is 0.821. The first-order chi connectivity index (χ1) is 9.91. The molecule has 1 amide bonds. The minimum atomic E-state index is -0.0413. The number of amides is 1. The molecule has 4 saturated carbocycles. The predicted octanol–water partition coefficient (Wildman–Crippen LogP) is 2.85. The van der Waals surface area contributed by atoms with E-state index >= 15 is 0 Å². The van der Waals surface area contributed by atoms with E-state index in [0.717, 1.165) is 44.7 Å². The van der Waals surface area contributed by atoms with Gasteiger partial charge in [-0.2, -0.15) is 0 Å². The first-order valence-corrected chi connectivity index (χ1v) is 8.92. The molecule has 3 nitrogen and oxygen atoms in total. The summed E-state index contributed by atoms with van der Waals surface area (Å²) in [6.45, 7) is 6.95. The smallest absolute Gasteiger partial charge is 0.226 e. The maximum Gasteiger partial charge on any atom is 0.226 e. The van der Waals surface area contributed by atoms with Gasteiger partial charge in [-0.3, -0.25) is 4.79 Å². The Kier molecular flexibility index (Phi) is 2.99. The lowest BCUT2D eigenvalue weighted by atomic mass is 9.40. The van der Waals surface area contributed by atoms with Gasteiger partial charge in [0.1, 0.15) is 0 Å². The van der Waals surface area contributed by atoms with Gasteiger partial charge in [0.2, 0.25) is 5.91 Å². The van der Waals surface area contributed by atoms with Crippen LogP contribution in [0.5, 0.6) is 0 Å². The highest BCUT2D eigenvalue weighted by Gasteiger charge is 2.62. The molecule has 0 aromatic rings. The van der Waals surface area contributed by atoms with Crippen molar-refractivity contribution in [1.29, 1.82) is 0 Å². The van der Waals surface area contributed by atoms with Crippen LogP contribution in [0.1, 0.15) is 65.2 Å². The zero-order chi connectivity index (χ0) is 14.7. The zero-order valence-electron chi connectivity index (χ0n) is 13.6. The van der Waals surface area contributed by atoms with Crippen molar-refractivity contribution in [3.8, 4) is 0 Å². The molecule has 21 heavy (non-hydrogen) atoms. The Morgan fingerprint density at radius 1 is 1.10 bits per heavy atom. The summed E-state index contributed by atoms with van der Waals surface area (Å²) >= 11 is 0. The van der Waals surface area contributed by atoms with Gasteiger partial charge in [0.25, 0.3) is 0 Å². The second-order valence-electron chi connectivity index (χ2n) is 9.43. The van der Waals surface area contributed by atoms with Crippen molar-refractivity contribution < 1.29 is 4.79 Å². The average Bonchev–Trinajstić information content (AvgIpc) is 2.35. The SMILES string of the molecule is CC12CC3CC(C)(C1)CC(C(=O)NC1CCCNC1)(C3)C2. The summed E-state index contributed by atoms with van der Waals surface area (Å²) in [5, 5.41) is 6.82. The van der Waals surface area contributed by atoms with E-state index in [0.29, 0.717) is 22.8 Å². The summed E-state index contributed by atoms with van der Waals surface area (Å²) in [5.41, 5.74) is 0.813. The highest BCUT2D eigenvalue weighted by molar-refractivity contribution is 5.83. The average molecular weight is 290 g/mol. The number of hydrogen-bond donors (Lipinski definition) is 2. The van der Waals surface area contributed by atoms with Crippen LogP contribution in [0.2, 0.25) is 0 Å². The molecule has 0 aromatic carbocycles. The Hall–Kier alpha value is -0.570. The van der Waals surface area contributed by atoms with Crippen LogP contribution in [0.3, 0.4) is 0 Å². The minimum Gasteiger partial charge on any atom is -0.352 e. The normalized spacial score (nSPS) is 51.9. The Morgan fingerprint density at radius 3 is 2.38 bits per heavy atom. The van der Waals surface area contributed by atoms with Crippen molar-refractivity contribution in [2.75, 3.05) is 13.1 Å². The van der Waals surface area contributed by atoms with Gasteiger partial charge in [-0.1, -0.05) is 13.8 Å². The minimum absolute atomic E-state index is 0.0413. The second-order valence-corrected chi connectivity index (χ2v) is 9.43. The maximum absolute atomic E-state index is 13.1. The van der Waals surface area contributed by atoms with Crippen LogP contribution < -0.4 is 10.6 Å². The zero-order valence-corrected chi connectivity index (χ0v) is 13.6. The van der Waals surface area contributed by atoms with Crippen LogP contribution in [0.4, 0.5) is 0 Å². The Bertz CT molecular complexity index is 436. The second kappa shape index (κ2) is 4.47. The monoisotopic (exact) mass is 290 g/mol. The third-order valence-electron chi connectivity index (χ3n) is 6.74. The number of carbonyl (C=O) groups is 1. The molecule has 0 aromatic heterocycles. The summed E-state index contributed by atoms with van der Waals surface area (Å²) in [6.07, 6.45) is 9.84. The molecule has 1 aliphatic heterocycles. The number of nitrogens with one attached hydrogen (secondary N) is 2. The molecule has 1 heterocycles. The van der Waals surface area contributed by atoms with Crippen molar-refractivity contribution in [2.24, 2.45) is 22.2 Å². The molecule has 1 saturated heterocycles. The summed E-state index contributed by atoms with van der Waals surface area (Å²) in [5.74, 6) is 1.18. The molecule has 3 heteroatoms. The Labute approximate surface area is 128 Å². The molecule has 118 valence electrons. The molecule has 5 aliphatic rings. The number of hydrogen-bond acceptors (Lipinski definition) is 2. The third kappa shape index (κ3) is 2.32. The lowest BCUT2D eigenvalue weighted by molar-refractivity contribution is -0.170. The number of carbonyl (C=O) groups excluding carboxylic acids is 1. The molecular weight excluding hydrogens is 260 g/mol. The van der Waals surface area contributed by atoms with Gasteiger partial charge < -0.3 is 10.6 Å². The van der Waals surface area contributed by atoms with Gasteiger partial charge in [0, 0.05) is 12.6 Å². The van der Waals surface area contributed by atoms with Crippen LogP contribution >= 0.6 is 0 Å². The largest absolute Gasteiger partial charge is 0.352 e. The molecule has 0 radical (unpaired) electrons. The third-order valence-corrected chi connectivity index (χ3v) is 6.74. The fourth-order valence-electron chi connectivity index (χ4n) is 7.01. The van der Waals surface area contributed by atoms with E-state index in [1.165, 1.54) is 25.7 Å². The molecule has 4 bridgehead atoms. The van der Waals surface area contributed by atoms with Crippen molar-refractivity contribution in [3.05, 3.63) is 0 Å². The molecule has 3 atom stereocenters. The van der Waals surface area contributed by atoms with E-state index < -0.39 is 0 Å². The highest BCUT2D eigenvalue weighted by Crippen LogP contribution is 2.69. The summed E-state index contributed by atoms with van der Waals surface area (Å²) in [4.78, 5) is 13.1. The molecule has 3 unspecified atom stereocenters. The number of rotatable bonds is 2. The van der Waals surface area contributed by atoms with Crippen molar-refractivity contribution >= 4 is 5.91 Å². The van der Waals surface area contributed by atoms with E-state index in [1.807, 2.05) is 0 Å². The fourth-order valence-corrected chi connectivity index (χ4v) is 7.01. The molecule has 5 fully saturated rings. The summed E-state index contributed by atoms with van der Waals surface area (Å²) in [6, 6.07) is 0.361. The Morgan fingerprint density at radius 2 is 1.81 bits per heavy atom. The molecule has 0 spiro atoms. The van der Waals surface area contributed by atoms with Gasteiger partial charge in [-0.05, 0) is 74.7 Å². The predicted molar refractivity (Wildman–Crippen MR) is 83.9 cm³/mol. The maximum atomic E-state index is 13.1. The van der Waals surface area contributed by atoms with Crippen molar-refractivity contribution in [1.82, 2.24) is 10.6 Å². The van der Waals surface area contributed by atoms with Gasteiger partial charge >= 0.3 is 0 Å². The van der Waals surface area contributed by atoms with Crippen LogP contribution in [0.25, 0.3) is 0 Å².